The average molecular weight is 313 g/mol. The Kier molecular flexibility index (Phi) is 5.35. The summed E-state index contributed by atoms with van der Waals surface area (Å²) in [6.07, 6.45) is 0. The number of hydrogen-bond acceptors (Lipinski definition) is 2. The van der Waals surface area contributed by atoms with Gasteiger partial charge in [-0.1, -0.05) is 35.0 Å². The fourth-order valence-electron chi connectivity index (χ4n) is 1.73. The first-order chi connectivity index (χ1) is 8.36. The molecule has 100 valence electrons. The minimum atomic E-state index is -0.543. The van der Waals surface area contributed by atoms with E-state index in [9.17, 15) is 4.79 Å². The van der Waals surface area contributed by atoms with Crippen molar-refractivity contribution in [1.82, 2.24) is 10.6 Å². The van der Waals surface area contributed by atoms with Crippen molar-refractivity contribution < 1.29 is 4.79 Å². The molecule has 0 unspecified atom stereocenters. The Morgan fingerprint density at radius 3 is 2.39 bits per heavy atom. The monoisotopic (exact) mass is 312 g/mol. The molecule has 1 aromatic carbocycles. The lowest BCUT2D eigenvalue weighted by Crippen LogP contribution is -2.52. The van der Waals surface area contributed by atoms with Crippen LogP contribution in [0.25, 0.3) is 0 Å². The molecule has 0 fully saturated rings. The molecule has 0 aliphatic rings. The molecule has 0 saturated carbocycles. The van der Waals surface area contributed by atoms with E-state index in [0.717, 1.165) is 16.6 Å². The van der Waals surface area contributed by atoms with E-state index in [1.54, 1.807) is 0 Å². The molecule has 0 heterocycles. The van der Waals surface area contributed by atoms with Gasteiger partial charge in [-0.2, -0.15) is 0 Å². The molecular formula is C14H21BrN2O. The molecule has 2 N–H and O–H groups in total. The number of carbonyl (C=O) groups excluding carboxylic acids is 1. The number of carbonyl (C=O) groups is 1. The molecule has 1 atom stereocenters. The normalized spacial score (nSPS) is 13.2. The van der Waals surface area contributed by atoms with E-state index in [1.165, 1.54) is 0 Å². The summed E-state index contributed by atoms with van der Waals surface area (Å²) in [5.41, 5.74) is 0.553. The van der Waals surface area contributed by atoms with Gasteiger partial charge in [0.25, 0.3) is 0 Å². The summed E-state index contributed by atoms with van der Waals surface area (Å²) in [6, 6.07) is 7.98. The van der Waals surface area contributed by atoms with E-state index in [0.29, 0.717) is 0 Å². The highest BCUT2D eigenvalue weighted by Gasteiger charge is 2.27. The molecule has 0 aromatic heterocycles. The zero-order valence-corrected chi connectivity index (χ0v) is 13.0. The third-order valence-corrected chi connectivity index (χ3v) is 3.43. The lowest BCUT2D eigenvalue weighted by atomic mass is 10.0. The van der Waals surface area contributed by atoms with Crippen molar-refractivity contribution in [1.29, 1.82) is 0 Å². The molecule has 3 nitrogen and oxygen atoms in total. The maximum atomic E-state index is 12.1. The van der Waals surface area contributed by atoms with Crippen LogP contribution >= 0.6 is 15.9 Å². The van der Waals surface area contributed by atoms with Gasteiger partial charge in [-0.25, -0.2) is 0 Å². The fourth-order valence-corrected chi connectivity index (χ4v) is 2.00. The molecule has 0 radical (unpaired) electrons. The number of hydrogen-bond donors (Lipinski definition) is 2. The highest BCUT2D eigenvalue weighted by Crippen LogP contribution is 2.17. The van der Waals surface area contributed by atoms with Gasteiger partial charge in [-0.3, -0.25) is 4.79 Å². The van der Waals surface area contributed by atoms with Gasteiger partial charge in [0.2, 0.25) is 5.91 Å². The minimum absolute atomic E-state index is 0.00327. The Bertz CT molecular complexity index is 401. The van der Waals surface area contributed by atoms with Gasteiger partial charge in [0.1, 0.15) is 0 Å². The molecule has 1 rings (SSSR count). The average Bonchev–Trinajstić information content (AvgIpc) is 2.29. The van der Waals surface area contributed by atoms with Gasteiger partial charge in [0.05, 0.1) is 11.6 Å². The first kappa shape index (κ1) is 15.2. The first-order valence-electron chi connectivity index (χ1n) is 6.18. The Labute approximate surface area is 117 Å². The minimum Gasteiger partial charge on any atom is -0.348 e. The summed E-state index contributed by atoms with van der Waals surface area (Å²) in [7, 11) is 0. The van der Waals surface area contributed by atoms with Crippen molar-refractivity contribution >= 4 is 21.8 Å². The highest BCUT2D eigenvalue weighted by molar-refractivity contribution is 9.10. The topological polar surface area (TPSA) is 41.1 Å². The van der Waals surface area contributed by atoms with Crippen LogP contribution in [0.4, 0.5) is 0 Å². The van der Waals surface area contributed by atoms with Crippen LogP contribution in [0.5, 0.6) is 0 Å². The Hall–Kier alpha value is -0.870. The number of likely N-dealkylation sites (N-methyl/N-ethyl adjacent to an activating group) is 1. The number of rotatable bonds is 5. The molecule has 0 bridgehead atoms. The van der Waals surface area contributed by atoms with Crippen molar-refractivity contribution in [3.05, 3.63) is 34.3 Å². The number of amides is 1. The second-order valence-corrected chi connectivity index (χ2v) is 5.82. The third kappa shape index (κ3) is 4.10. The second kappa shape index (κ2) is 6.34. The zero-order chi connectivity index (χ0) is 13.8. The molecular weight excluding hydrogens is 292 g/mol. The van der Waals surface area contributed by atoms with Crippen molar-refractivity contribution in [3.63, 3.8) is 0 Å². The Morgan fingerprint density at radius 2 is 1.89 bits per heavy atom. The van der Waals surface area contributed by atoms with E-state index < -0.39 is 5.54 Å². The van der Waals surface area contributed by atoms with Crippen LogP contribution < -0.4 is 10.6 Å². The van der Waals surface area contributed by atoms with Gasteiger partial charge >= 0.3 is 0 Å². The molecule has 1 amide bonds. The number of halogens is 1. The molecule has 0 spiro atoms. The Balaban J connectivity index is 2.67. The van der Waals surface area contributed by atoms with Gasteiger partial charge in [-0.05, 0) is 45.0 Å². The van der Waals surface area contributed by atoms with E-state index in [-0.39, 0.29) is 11.9 Å². The van der Waals surface area contributed by atoms with Gasteiger partial charge in [0.15, 0.2) is 0 Å². The van der Waals surface area contributed by atoms with Crippen LogP contribution in [-0.2, 0) is 4.79 Å². The summed E-state index contributed by atoms with van der Waals surface area (Å²) in [6.45, 7) is 8.53. The molecule has 18 heavy (non-hydrogen) atoms. The van der Waals surface area contributed by atoms with Gasteiger partial charge in [-0.15, -0.1) is 0 Å². The first-order valence-corrected chi connectivity index (χ1v) is 6.97. The summed E-state index contributed by atoms with van der Waals surface area (Å²) < 4.78 is 1.04. The van der Waals surface area contributed by atoms with Gasteiger partial charge in [0, 0.05) is 4.47 Å². The summed E-state index contributed by atoms with van der Waals surface area (Å²) in [5, 5.41) is 6.19. The standard InChI is InChI=1S/C14H21BrN2O/c1-5-16-14(3,4)13(18)17-10(2)11-6-8-12(15)9-7-11/h6-10,16H,5H2,1-4H3,(H,17,18)/t10-/m0/s1. The predicted molar refractivity (Wildman–Crippen MR) is 78.5 cm³/mol. The maximum Gasteiger partial charge on any atom is 0.240 e. The van der Waals surface area contributed by atoms with Crippen LogP contribution in [0.3, 0.4) is 0 Å². The van der Waals surface area contributed by atoms with Crippen molar-refractivity contribution in [3.8, 4) is 0 Å². The molecule has 0 aliphatic carbocycles. The highest BCUT2D eigenvalue weighted by atomic mass is 79.9. The lowest BCUT2D eigenvalue weighted by Gasteiger charge is -2.27. The summed E-state index contributed by atoms with van der Waals surface area (Å²) >= 11 is 3.40. The summed E-state index contributed by atoms with van der Waals surface area (Å²) in [4.78, 5) is 12.1. The lowest BCUT2D eigenvalue weighted by molar-refractivity contribution is -0.127. The second-order valence-electron chi connectivity index (χ2n) is 4.90. The molecule has 0 saturated heterocycles. The Morgan fingerprint density at radius 1 is 1.33 bits per heavy atom. The van der Waals surface area contributed by atoms with Crippen LogP contribution in [0, 0.1) is 0 Å². The van der Waals surface area contributed by atoms with Crippen LogP contribution in [0.2, 0.25) is 0 Å². The summed E-state index contributed by atoms with van der Waals surface area (Å²) in [5.74, 6) is 0.0137. The quantitative estimate of drug-likeness (QED) is 0.877. The molecule has 1 aromatic rings. The SMILES string of the molecule is CCNC(C)(C)C(=O)N[C@@H](C)c1ccc(Br)cc1. The van der Waals surface area contributed by atoms with Crippen LogP contribution in [-0.4, -0.2) is 18.0 Å². The molecule has 4 heteroatoms. The number of nitrogens with one attached hydrogen (secondary N) is 2. The van der Waals surface area contributed by atoms with E-state index in [4.69, 9.17) is 0 Å². The van der Waals surface area contributed by atoms with Crippen LogP contribution in [0.1, 0.15) is 39.3 Å². The fraction of sp³-hybridized carbons (Fsp3) is 0.500. The van der Waals surface area contributed by atoms with E-state index in [2.05, 4.69) is 26.6 Å². The van der Waals surface area contributed by atoms with Crippen LogP contribution in [0.15, 0.2) is 28.7 Å². The third-order valence-electron chi connectivity index (χ3n) is 2.90. The van der Waals surface area contributed by atoms with E-state index >= 15 is 0 Å². The number of benzene rings is 1. The van der Waals surface area contributed by atoms with Crippen molar-refractivity contribution in [2.75, 3.05) is 6.54 Å². The van der Waals surface area contributed by atoms with Crippen molar-refractivity contribution in [2.45, 2.75) is 39.3 Å². The molecule has 0 aliphatic heterocycles. The largest absolute Gasteiger partial charge is 0.348 e. The smallest absolute Gasteiger partial charge is 0.240 e. The maximum absolute atomic E-state index is 12.1. The van der Waals surface area contributed by atoms with Gasteiger partial charge < -0.3 is 10.6 Å². The predicted octanol–water partition coefficient (Wildman–Crippen LogP) is 3.01. The van der Waals surface area contributed by atoms with Crippen molar-refractivity contribution in [2.24, 2.45) is 0 Å². The zero-order valence-electron chi connectivity index (χ0n) is 11.4. The van der Waals surface area contributed by atoms with E-state index in [1.807, 2.05) is 52.0 Å².